The Kier molecular flexibility index (Phi) is 6.35. The van der Waals surface area contributed by atoms with Crippen LogP contribution in [-0.4, -0.2) is 22.1 Å². The summed E-state index contributed by atoms with van der Waals surface area (Å²) in [6.45, 7) is 1.40. The van der Waals surface area contributed by atoms with Crippen LogP contribution in [0.5, 0.6) is 5.75 Å². The summed E-state index contributed by atoms with van der Waals surface area (Å²) >= 11 is 9.30. The van der Waals surface area contributed by atoms with Crippen LogP contribution in [0.25, 0.3) is 11.0 Å². The molecule has 0 unspecified atom stereocenters. The van der Waals surface area contributed by atoms with Crippen LogP contribution in [0.3, 0.4) is 0 Å². The van der Waals surface area contributed by atoms with E-state index in [2.05, 4.69) is 25.8 Å². The smallest absolute Gasteiger partial charge is 0.251 e. The number of halogens is 2. The molecular formula is C23H19BrClN3O2. The van der Waals surface area contributed by atoms with Gasteiger partial charge in [-0.3, -0.25) is 4.79 Å². The minimum absolute atomic E-state index is 0.140. The summed E-state index contributed by atoms with van der Waals surface area (Å²) in [5.74, 6) is 1.40. The molecule has 0 atom stereocenters. The fourth-order valence-electron chi connectivity index (χ4n) is 3.16. The summed E-state index contributed by atoms with van der Waals surface area (Å²) in [6.07, 6.45) is 0. The summed E-state index contributed by atoms with van der Waals surface area (Å²) in [4.78, 5) is 17.2. The second-order valence-corrected chi connectivity index (χ2v) is 8.01. The number of nitrogens with one attached hydrogen (secondary N) is 1. The van der Waals surface area contributed by atoms with Crippen molar-refractivity contribution in [3.63, 3.8) is 0 Å². The normalized spacial score (nSPS) is 10.9. The second-order valence-electron chi connectivity index (χ2n) is 6.66. The molecule has 0 fully saturated rings. The average molecular weight is 485 g/mol. The number of carbonyl (C=O) groups is 1. The van der Waals surface area contributed by atoms with Gasteiger partial charge in [0.1, 0.15) is 18.2 Å². The van der Waals surface area contributed by atoms with E-state index >= 15 is 0 Å². The molecule has 0 aliphatic heterocycles. The number of imidazole rings is 1. The molecule has 152 valence electrons. The standard InChI is InChI=1S/C23H19BrClN3O2/c24-17-7-5-16(6-8-17)23(29)26-15-22-27-20-3-1-2-4-21(20)28(22)13-14-30-19-11-9-18(25)10-12-19/h1-12H,13-15H2,(H,26,29). The number of hydrogen-bond donors (Lipinski definition) is 1. The molecule has 0 radical (unpaired) electrons. The molecule has 5 nitrogen and oxygen atoms in total. The van der Waals surface area contributed by atoms with Gasteiger partial charge in [-0.1, -0.05) is 39.7 Å². The Balaban J connectivity index is 1.47. The van der Waals surface area contributed by atoms with Crippen molar-refractivity contribution >= 4 is 44.5 Å². The number of amides is 1. The van der Waals surface area contributed by atoms with Gasteiger partial charge in [0, 0.05) is 15.1 Å². The number of para-hydroxylation sites is 2. The van der Waals surface area contributed by atoms with Crippen molar-refractivity contribution in [1.29, 1.82) is 0 Å². The molecule has 0 spiro atoms. The van der Waals surface area contributed by atoms with Gasteiger partial charge in [0.05, 0.1) is 24.1 Å². The molecule has 4 aromatic rings. The number of carbonyl (C=O) groups excluding carboxylic acids is 1. The van der Waals surface area contributed by atoms with Crippen LogP contribution in [0.15, 0.2) is 77.3 Å². The maximum Gasteiger partial charge on any atom is 0.251 e. The number of ether oxygens (including phenoxy) is 1. The fraction of sp³-hybridized carbons (Fsp3) is 0.130. The Hall–Kier alpha value is -2.83. The van der Waals surface area contributed by atoms with Crippen molar-refractivity contribution in [1.82, 2.24) is 14.9 Å². The van der Waals surface area contributed by atoms with Crippen LogP contribution >= 0.6 is 27.5 Å². The predicted molar refractivity (Wildman–Crippen MR) is 122 cm³/mol. The summed E-state index contributed by atoms with van der Waals surface area (Å²) in [7, 11) is 0. The number of benzene rings is 3. The van der Waals surface area contributed by atoms with Gasteiger partial charge in [0.2, 0.25) is 0 Å². The molecule has 0 bridgehead atoms. The molecule has 0 saturated heterocycles. The zero-order valence-electron chi connectivity index (χ0n) is 16.0. The van der Waals surface area contributed by atoms with E-state index in [0.717, 1.165) is 27.1 Å². The predicted octanol–water partition coefficient (Wildman–Crippen LogP) is 5.46. The molecule has 0 saturated carbocycles. The third kappa shape index (κ3) is 4.83. The quantitative estimate of drug-likeness (QED) is 0.379. The minimum Gasteiger partial charge on any atom is -0.492 e. The monoisotopic (exact) mass is 483 g/mol. The first kappa shape index (κ1) is 20.4. The van der Waals surface area contributed by atoms with E-state index in [4.69, 9.17) is 21.3 Å². The number of rotatable bonds is 7. The Morgan fingerprint density at radius 1 is 1.03 bits per heavy atom. The maximum atomic E-state index is 12.5. The third-order valence-electron chi connectivity index (χ3n) is 4.64. The van der Waals surface area contributed by atoms with Crippen molar-refractivity contribution in [3.8, 4) is 5.75 Å². The Bertz CT molecular complexity index is 1160. The van der Waals surface area contributed by atoms with Crippen molar-refractivity contribution in [2.24, 2.45) is 0 Å². The number of aromatic nitrogens is 2. The van der Waals surface area contributed by atoms with Gasteiger partial charge in [-0.15, -0.1) is 0 Å². The fourth-order valence-corrected chi connectivity index (χ4v) is 3.55. The van der Waals surface area contributed by atoms with E-state index in [0.29, 0.717) is 30.3 Å². The Labute approximate surface area is 187 Å². The van der Waals surface area contributed by atoms with Gasteiger partial charge >= 0.3 is 0 Å². The Morgan fingerprint density at radius 2 is 1.77 bits per heavy atom. The summed E-state index contributed by atoms with van der Waals surface area (Å²) in [5, 5.41) is 3.63. The molecule has 1 amide bonds. The molecular weight excluding hydrogens is 466 g/mol. The zero-order chi connectivity index (χ0) is 20.9. The van der Waals surface area contributed by atoms with Crippen molar-refractivity contribution < 1.29 is 9.53 Å². The number of fused-ring (bicyclic) bond motifs is 1. The van der Waals surface area contributed by atoms with Gasteiger partial charge in [0.25, 0.3) is 5.91 Å². The van der Waals surface area contributed by atoms with E-state index < -0.39 is 0 Å². The van der Waals surface area contributed by atoms with Crippen molar-refractivity contribution in [2.75, 3.05) is 6.61 Å². The van der Waals surface area contributed by atoms with E-state index in [1.54, 1.807) is 24.3 Å². The largest absolute Gasteiger partial charge is 0.492 e. The van der Waals surface area contributed by atoms with Gasteiger partial charge < -0.3 is 14.6 Å². The van der Waals surface area contributed by atoms with Crippen LogP contribution in [0.2, 0.25) is 5.02 Å². The van der Waals surface area contributed by atoms with E-state index in [-0.39, 0.29) is 5.91 Å². The lowest BCUT2D eigenvalue weighted by atomic mass is 10.2. The molecule has 1 aromatic heterocycles. The average Bonchev–Trinajstić information content (AvgIpc) is 3.11. The first-order chi connectivity index (χ1) is 14.6. The molecule has 1 heterocycles. The van der Waals surface area contributed by atoms with Gasteiger partial charge in [0.15, 0.2) is 0 Å². The molecule has 0 aliphatic rings. The van der Waals surface area contributed by atoms with E-state index in [1.807, 2.05) is 48.5 Å². The van der Waals surface area contributed by atoms with Crippen molar-refractivity contribution in [3.05, 3.63) is 93.7 Å². The lowest BCUT2D eigenvalue weighted by molar-refractivity contribution is 0.0949. The highest BCUT2D eigenvalue weighted by molar-refractivity contribution is 9.10. The molecule has 7 heteroatoms. The van der Waals surface area contributed by atoms with Crippen LogP contribution in [0.1, 0.15) is 16.2 Å². The zero-order valence-corrected chi connectivity index (χ0v) is 18.4. The van der Waals surface area contributed by atoms with Crippen LogP contribution in [0.4, 0.5) is 0 Å². The first-order valence-electron chi connectivity index (χ1n) is 9.46. The summed E-state index contributed by atoms with van der Waals surface area (Å²) < 4.78 is 8.85. The van der Waals surface area contributed by atoms with E-state index in [9.17, 15) is 4.79 Å². The van der Waals surface area contributed by atoms with Crippen LogP contribution < -0.4 is 10.1 Å². The highest BCUT2D eigenvalue weighted by Crippen LogP contribution is 2.18. The highest BCUT2D eigenvalue weighted by Gasteiger charge is 2.12. The molecule has 0 aliphatic carbocycles. The van der Waals surface area contributed by atoms with Crippen molar-refractivity contribution in [2.45, 2.75) is 13.1 Å². The minimum atomic E-state index is -0.140. The van der Waals surface area contributed by atoms with Crippen LogP contribution in [0, 0.1) is 0 Å². The second kappa shape index (κ2) is 9.32. The van der Waals surface area contributed by atoms with E-state index in [1.165, 1.54) is 0 Å². The molecule has 4 rings (SSSR count). The molecule has 30 heavy (non-hydrogen) atoms. The molecule has 1 N–H and O–H groups in total. The van der Waals surface area contributed by atoms with Gasteiger partial charge in [-0.25, -0.2) is 4.98 Å². The SMILES string of the molecule is O=C(NCc1nc2ccccc2n1CCOc1ccc(Cl)cc1)c1ccc(Br)cc1. The summed E-state index contributed by atoms with van der Waals surface area (Å²) in [6, 6.07) is 22.4. The first-order valence-corrected chi connectivity index (χ1v) is 10.6. The lowest BCUT2D eigenvalue weighted by Crippen LogP contribution is -2.25. The summed E-state index contributed by atoms with van der Waals surface area (Å²) in [5.41, 5.74) is 2.49. The van der Waals surface area contributed by atoms with Gasteiger partial charge in [-0.2, -0.15) is 0 Å². The number of hydrogen-bond acceptors (Lipinski definition) is 3. The number of nitrogens with zero attached hydrogens (tertiary/aromatic N) is 2. The highest BCUT2D eigenvalue weighted by atomic mass is 79.9. The maximum absolute atomic E-state index is 12.5. The van der Waals surface area contributed by atoms with Gasteiger partial charge in [-0.05, 0) is 60.7 Å². The van der Waals surface area contributed by atoms with Crippen LogP contribution in [-0.2, 0) is 13.1 Å². The Morgan fingerprint density at radius 3 is 2.53 bits per heavy atom. The molecule has 3 aromatic carbocycles. The third-order valence-corrected chi connectivity index (χ3v) is 5.42. The lowest BCUT2D eigenvalue weighted by Gasteiger charge is -2.12. The topological polar surface area (TPSA) is 56.2 Å².